The molecule has 1 aromatic heterocycles. The Kier molecular flexibility index (Phi) is 5.23. The number of halogens is 1. The highest BCUT2D eigenvalue weighted by molar-refractivity contribution is 6.31. The summed E-state index contributed by atoms with van der Waals surface area (Å²) in [7, 11) is 0. The molecule has 0 saturated heterocycles. The van der Waals surface area contributed by atoms with Gasteiger partial charge in [0.05, 0.1) is 11.3 Å². The van der Waals surface area contributed by atoms with Crippen molar-refractivity contribution in [1.29, 1.82) is 0 Å². The van der Waals surface area contributed by atoms with Crippen molar-refractivity contribution in [2.24, 2.45) is 0 Å². The second kappa shape index (κ2) is 7.75. The topological polar surface area (TPSA) is 102 Å². The lowest BCUT2D eigenvalue weighted by molar-refractivity contribution is 0.0954. The van der Waals surface area contributed by atoms with Crippen LogP contribution < -0.4 is 10.6 Å². The van der Waals surface area contributed by atoms with Crippen molar-refractivity contribution in [1.82, 2.24) is 25.5 Å². The highest BCUT2D eigenvalue weighted by atomic mass is 35.5. The summed E-state index contributed by atoms with van der Waals surface area (Å²) in [6.07, 6.45) is 1.38. The molecule has 1 heterocycles. The number of carbonyl (C=O) groups excluding carboxylic acids is 2. The molecule has 0 fully saturated rings. The summed E-state index contributed by atoms with van der Waals surface area (Å²) in [5.41, 5.74) is 1.72. The molecule has 2 amide bonds. The molecular weight excluding hydrogens is 356 g/mol. The summed E-state index contributed by atoms with van der Waals surface area (Å²) in [5.74, 6) is -0.605. The molecule has 0 radical (unpaired) electrons. The molecule has 3 aromatic rings. The average molecular weight is 371 g/mol. The fourth-order valence-corrected chi connectivity index (χ4v) is 2.53. The number of benzene rings is 2. The van der Waals surface area contributed by atoms with Gasteiger partial charge in [0, 0.05) is 22.8 Å². The molecule has 2 aromatic carbocycles. The van der Waals surface area contributed by atoms with Crippen molar-refractivity contribution < 1.29 is 9.59 Å². The van der Waals surface area contributed by atoms with Gasteiger partial charge in [-0.1, -0.05) is 17.7 Å². The lowest BCUT2D eigenvalue weighted by Gasteiger charge is -2.11. The standard InChI is InChI=1S/C17H15ClN6O2/c1-2-19-16(25)11-4-3-5-13(8-11)21-17(26)14-9-12(18)6-7-15(14)24-10-20-22-23-24/h3-10H,2H2,1H3,(H,19,25)(H,21,26). The van der Waals surface area contributed by atoms with Crippen LogP contribution in [-0.4, -0.2) is 38.6 Å². The zero-order valence-electron chi connectivity index (χ0n) is 13.8. The SMILES string of the molecule is CCNC(=O)c1cccc(NC(=O)c2cc(Cl)ccc2-n2cnnn2)c1. The molecule has 9 heteroatoms. The molecule has 2 N–H and O–H groups in total. The lowest BCUT2D eigenvalue weighted by atomic mass is 10.1. The van der Waals surface area contributed by atoms with Gasteiger partial charge in [-0.3, -0.25) is 9.59 Å². The summed E-state index contributed by atoms with van der Waals surface area (Å²) in [6.45, 7) is 2.36. The predicted molar refractivity (Wildman–Crippen MR) is 96.6 cm³/mol. The number of rotatable bonds is 5. The van der Waals surface area contributed by atoms with Crippen molar-refractivity contribution in [2.45, 2.75) is 6.92 Å². The molecule has 0 atom stereocenters. The van der Waals surface area contributed by atoms with Crippen LogP contribution in [0, 0.1) is 0 Å². The van der Waals surface area contributed by atoms with Gasteiger partial charge in [0.15, 0.2) is 0 Å². The minimum atomic E-state index is -0.397. The smallest absolute Gasteiger partial charge is 0.257 e. The van der Waals surface area contributed by atoms with Gasteiger partial charge in [0.1, 0.15) is 6.33 Å². The van der Waals surface area contributed by atoms with Gasteiger partial charge in [-0.2, -0.15) is 4.68 Å². The summed E-state index contributed by atoms with van der Waals surface area (Å²) in [5, 5.41) is 16.8. The van der Waals surface area contributed by atoms with Crippen molar-refractivity contribution in [3.8, 4) is 5.69 Å². The minimum Gasteiger partial charge on any atom is -0.352 e. The second-order valence-electron chi connectivity index (χ2n) is 5.31. The first kappa shape index (κ1) is 17.6. The highest BCUT2D eigenvalue weighted by Gasteiger charge is 2.15. The molecule has 3 rings (SSSR count). The number of tetrazole rings is 1. The van der Waals surface area contributed by atoms with Crippen molar-refractivity contribution in [3.63, 3.8) is 0 Å². The van der Waals surface area contributed by atoms with Crippen LogP contribution in [0.5, 0.6) is 0 Å². The third-order valence-corrected chi connectivity index (χ3v) is 3.75. The van der Waals surface area contributed by atoms with E-state index in [1.807, 2.05) is 6.92 Å². The van der Waals surface area contributed by atoms with Crippen molar-refractivity contribution in [2.75, 3.05) is 11.9 Å². The maximum Gasteiger partial charge on any atom is 0.257 e. The Hall–Kier alpha value is -3.26. The van der Waals surface area contributed by atoms with E-state index in [1.165, 1.54) is 17.1 Å². The Morgan fingerprint density at radius 3 is 2.73 bits per heavy atom. The number of amides is 2. The van der Waals surface area contributed by atoms with Gasteiger partial charge in [0.2, 0.25) is 0 Å². The van der Waals surface area contributed by atoms with Crippen LogP contribution in [0.25, 0.3) is 5.69 Å². The summed E-state index contributed by atoms with van der Waals surface area (Å²) >= 11 is 6.03. The number of hydrogen-bond donors (Lipinski definition) is 2. The zero-order chi connectivity index (χ0) is 18.5. The number of nitrogens with one attached hydrogen (secondary N) is 2. The molecule has 26 heavy (non-hydrogen) atoms. The van der Waals surface area contributed by atoms with Crippen molar-refractivity contribution >= 4 is 29.1 Å². The van der Waals surface area contributed by atoms with E-state index >= 15 is 0 Å². The van der Waals surface area contributed by atoms with Crippen LogP contribution >= 0.6 is 11.6 Å². The molecule has 8 nitrogen and oxygen atoms in total. The van der Waals surface area contributed by atoms with Gasteiger partial charge in [-0.15, -0.1) is 5.10 Å². The van der Waals surface area contributed by atoms with Crippen LogP contribution in [0.3, 0.4) is 0 Å². The van der Waals surface area contributed by atoms with Crippen LogP contribution in [0.4, 0.5) is 5.69 Å². The van der Waals surface area contributed by atoms with Crippen LogP contribution in [-0.2, 0) is 0 Å². The number of hydrogen-bond acceptors (Lipinski definition) is 5. The molecule has 0 saturated carbocycles. The van der Waals surface area contributed by atoms with Crippen molar-refractivity contribution in [3.05, 3.63) is 64.9 Å². The van der Waals surface area contributed by atoms with E-state index in [2.05, 4.69) is 26.2 Å². The Labute approximate surface area is 154 Å². The van der Waals surface area contributed by atoms with Gasteiger partial charge in [-0.25, -0.2) is 0 Å². The number of aromatic nitrogens is 4. The molecule has 0 bridgehead atoms. The first-order valence-electron chi connectivity index (χ1n) is 7.81. The number of anilines is 1. The first-order chi connectivity index (χ1) is 12.6. The Morgan fingerprint density at radius 2 is 2.00 bits per heavy atom. The minimum absolute atomic E-state index is 0.208. The molecule has 132 valence electrons. The average Bonchev–Trinajstić information content (AvgIpc) is 3.16. The molecule has 0 aliphatic carbocycles. The van der Waals surface area contributed by atoms with Gasteiger partial charge in [-0.05, 0) is 53.7 Å². The lowest BCUT2D eigenvalue weighted by Crippen LogP contribution is -2.23. The molecule has 0 unspecified atom stereocenters. The van der Waals surface area contributed by atoms with Gasteiger partial charge in [0.25, 0.3) is 11.8 Å². The monoisotopic (exact) mass is 370 g/mol. The van der Waals surface area contributed by atoms with E-state index in [0.29, 0.717) is 34.1 Å². The van der Waals surface area contributed by atoms with E-state index in [0.717, 1.165) is 0 Å². The molecular formula is C17H15ClN6O2. The van der Waals surface area contributed by atoms with Crippen LogP contribution in [0.2, 0.25) is 5.02 Å². The maximum absolute atomic E-state index is 12.7. The van der Waals surface area contributed by atoms with E-state index in [4.69, 9.17) is 11.6 Å². The summed E-state index contributed by atoms with van der Waals surface area (Å²) < 4.78 is 1.37. The van der Waals surface area contributed by atoms with E-state index in [1.54, 1.807) is 36.4 Å². The number of carbonyl (C=O) groups is 2. The van der Waals surface area contributed by atoms with Gasteiger partial charge < -0.3 is 10.6 Å². The second-order valence-corrected chi connectivity index (χ2v) is 5.75. The fourth-order valence-electron chi connectivity index (χ4n) is 2.36. The van der Waals surface area contributed by atoms with Gasteiger partial charge >= 0.3 is 0 Å². The number of nitrogens with zero attached hydrogens (tertiary/aromatic N) is 4. The predicted octanol–water partition coefficient (Wildman–Crippen LogP) is 2.32. The largest absolute Gasteiger partial charge is 0.352 e. The highest BCUT2D eigenvalue weighted by Crippen LogP contribution is 2.21. The molecule has 0 aliphatic rings. The first-order valence-corrected chi connectivity index (χ1v) is 8.19. The van der Waals surface area contributed by atoms with E-state index in [9.17, 15) is 9.59 Å². The van der Waals surface area contributed by atoms with E-state index in [-0.39, 0.29) is 5.91 Å². The normalized spacial score (nSPS) is 10.4. The Bertz CT molecular complexity index is 942. The quantitative estimate of drug-likeness (QED) is 0.717. The van der Waals surface area contributed by atoms with Crippen LogP contribution in [0.15, 0.2) is 48.8 Å². The van der Waals surface area contributed by atoms with E-state index < -0.39 is 5.91 Å². The summed E-state index contributed by atoms with van der Waals surface area (Å²) in [4.78, 5) is 24.7. The zero-order valence-corrected chi connectivity index (χ0v) is 14.6. The molecule has 0 spiro atoms. The fraction of sp³-hybridized carbons (Fsp3) is 0.118. The summed E-state index contributed by atoms with van der Waals surface area (Å²) in [6, 6.07) is 11.5. The molecule has 0 aliphatic heterocycles. The van der Waals surface area contributed by atoms with Crippen LogP contribution in [0.1, 0.15) is 27.6 Å². The Morgan fingerprint density at radius 1 is 1.15 bits per heavy atom. The Balaban J connectivity index is 1.88. The maximum atomic E-state index is 12.7. The third-order valence-electron chi connectivity index (χ3n) is 3.52. The third kappa shape index (κ3) is 3.86.